The van der Waals surface area contributed by atoms with Crippen molar-refractivity contribution >= 4 is 48.5 Å². The topological polar surface area (TPSA) is 93.4 Å². The van der Waals surface area contributed by atoms with Crippen LogP contribution in [0.4, 0.5) is 5.69 Å². The van der Waals surface area contributed by atoms with Crippen LogP contribution in [0.2, 0.25) is 0 Å². The molecule has 0 saturated carbocycles. The van der Waals surface area contributed by atoms with Crippen molar-refractivity contribution in [2.24, 2.45) is 0 Å². The number of carbonyl (C=O) groups is 1. The highest BCUT2D eigenvalue weighted by molar-refractivity contribution is 7.90. The van der Waals surface area contributed by atoms with Gasteiger partial charge in [0, 0.05) is 18.1 Å². The molecule has 1 N–H and O–H groups in total. The largest absolute Gasteiger partial charge is 0.321 e. The summed E-state index contributed by atoms with van der Waals surface area (Å²) in [7, 11) is -3.58. The second kappa shape index (κ2) is 5.89. The van der Waals surface area contributed by atoms with Crippen molar-refractivity contribution in [2.75, 3.05) is 11.6 Å². The van der Waals surface area contributed by atoms with Crippen LogP contribution < -0.4 is 5.32 Å². The smallest absolute Gasteiger partial charge is 0.276 e. The summed E-state index contributed by atoms with van der Waals surface area (Å²) in [4.78, 5) is 21.2. The van der Waals surface area contributed by atoms with Crippen molar-refractivity contribution in [1.29, 1.82) is 0 Å². The van der Waals surface area contributed by atoms with Gasteiger partial charge in [-0.25, -0.2) is 18.4 Å². The average molecular weight is 386 g/mol. The maximum Gasteiger partial charge on any atom is 0.276 e. The van der Waals surface area contributed by atoms with E-state index < -0.39 is 15.7 Å². The second-order valence-electron chi connectivity index (χ2n) is 5.84. The Kier molecular flexibility index (Phi) is 3.78. The standard InChI is InChI=1S/C17H14N4O3S2/c1-10-18-12-7-6-11(9-14(12)25-10)19-16(22)15-13-5-3-4-8-21(13)17(20-15)26(2,23)24/h3-9H,1-2H3,(H,19,22). The maximum absolute atomic E-state index is 12.7. The number of hydrogen-bond donors (Lipinski definition) is 1. The molecular formula is C17H14N4O3S2. The molecule has 0 bridgehead atoms. The van der Waals surface area contributed by atoms with E-state index in [0.717, 1.165) is 21.5 Å². The van der Waals surface area contributed by atoms with Crippen LogP contribution in [0.3, 0.4) is 0 Å². The van der Waals surface area contributed by atoms with Gasteiger partial charge in [-0.05, 0) is 37.3 Å². The van der Waals surface area contributed by atoms with Crippen molar-refractivity contribution in [1.82, 2.24) is 14.4 Å². The van der Waals surface area contributed by atoms with Crippen molar-refractivity contribution in [2.45, 2.75) is 12.1 Å². The number of nitrogens with one attached hydrogen (secondary N) is 1. The minimum absolute atomic E-state index is 0.0617. The van der Waals surface area contributed by atoms with Crippen LogP contribution in [-0.4, -0.2) is 34.9 Å². The van der Waals surface area contributed by atoms with Gasteiger partial charge in [-0.15, -0.1) is 11.3 Å². The van der Waals surface area contributed by atoms with Gasteiger partial charge in [-0.1, -0.05) is 6.07 Å². The second-order valence-corrected chi connectivity index (χ2v) is 8.98. The van der Waals surface area contributed by atoms with Gasteiger partial charge in [-0.3, -0.25) is 9.20 Å². The third-order valence-electron chi connectivity index (χ3n) is 3.82. The molecule has 4 rings (SSSR count). The summed E-state index contributed by atoms with van der Waals surface area (Å²) in [5, 5.41) is 3.57. The average Bonchev–Trinajstić information content (AvgIpc) is 3.13. The third-order valence-corrected chi connectivity index (χ3v) is 5.70. The lowest BCUT2D eigenvalue weighted by atomic mass is 10.2. The number of sulfone groups is 1. The molecule has 1 amide bonds. The summed E-state index contributed by atoms with van der Waals surface area (Å²) in [5.41, 5.74) is 1.97. The van der Waals surface area contributed by atoms with Gasteiger partial charge in [0.05, 0.1) is 20.7 Å². The van der Waals surface area contributed by atoms with E-state index in [1.54, 1.807) is 30.5 Å². The Bertz CT molecular complexity index is 1270. The molecule has 0 spiro atoms. The fourth-order valence-corrected chi connectivity index (χ4v) is 4.39. The summed E-state index contributed by atoms with van der Waals surface area (Å²) in [6.45, 7) is 1.92. The number of imidazole rings is 1. The SMILES string of the molecule is Cc1nc2ccc(NC(=O)c3nc(S(C)(=O)=O)n4ccccc34)cc2s1. The Hall–Kier alpha value is -2.78. The van der Waals surface area contributed by atoms with Crippen LogP contribution in [0, 0.1) is 6.92 Å². The molecule has 3 aromatic heterocycles. The number of benzene rings is 1. The van der Waals surface area contributed by atoms with Crippen molar-refractivity contribution < 1.29 is 13.2 Å². The molecule has 9 heteroatoms. The van der Waals surface area contributed by atoms with Gasteiger partial charge >= 0.3 is 0 Å². The zero-order valence-corrected chi connectivity index (χ0v) is 15.6. The van der Waals surface area contributed by atoms with E-state index in [0.29, 0.717) is 11.2 Å². The molecule has 0 atom stereocenters. The van der Waals surface area contributed by atoms with Crippen LogP contribution in [0.1, 0.15) is 15.5 Å². The number of rotatable bonds is 3. The van der Waals surface area contributed by atoms with Crippen LogP contribution in [0.15, 0.2) is 47.8 Å². The minimum atomic E-state index is -3.58. The number of nitrogens with zero attached hydrogens (tertiary/aromatic N) is 3. The zero-order valence-electron chi connectivity index (χ0n) is 13.9. The third kappa shape index (κ3) is 2.85. The predicted octanol–water partition coefficient (Wildman–Crippen LogP) is 2.91. The Balaban J connectivity index is 1.76. The number of aromatic nitrogens is 3. The number of hydrogen-bond acceptors (Lipinski definition) is 6. The van der Waals surface area contributed by atoms with Crippen molar-refractivity contribution in [3.8, 4) is 0 Å². The number of thiazole rings is 1. The summed E-state index contributed by atoms with van der Waals surface area (Å²) in [6.07, 6.45) is 2.64. The van der Waals surface area contributed by atoms with Gasteiger partial charge in [0.25, 0.3) is 5.91 Å². The van der Waals surface area contributed by atoms with Gasteiger partial charge in [0.2, 0.25) is 15.0 Å². The number of pyridine rings is 1. The Labute approximate surface area is 153 Å². The molecule has 0 radical (unpaired) electrons. The lowest BCUT2D eigenvalue weighted by molar-refractivity contribution is 0.102. The van der Waals surface area contributed by atoms with Crippen LogP contribution in [0.25, 0.3) is 15.7 Å². The summed E-state index contributed by atoms with van der Waals surface area (Å²) >= 11 is 1.54. The number of carbonyl (C=O) groups excluding carboxylic acids is 1. The summed E-state index contributed by atoms with van der Waals surface area (Å²) < 4.78 is 26.3. The molecule has 0 aliphatic carbocycles. The van der Waals surface area contributed by atoms with E-state index in [9.17, 15) is 13.2 Å². The molecule has 7 nitrogen and oxygen atoms in total. The van der Waals surface area contributed by atoms with Crippen molar-refractivity contribution in [3.63, 3.8) is 0 Å². The van der Waals surface area contributed by atoms with Crippen molar-refractivity contribution in [3.05, 3.63) is 53.3 Å². The lowest BCUT2D eigenvalue weighted by Gasteiger charge is -2.03. The molecular weight excluding hydrogens is 372 g/mol. The zero-order chi connectivity index (χ0) is 18.5. The summed E-state index contributed by atoms with van der Waals surface area (Å²) in [6, 6.07) is 10.5. The number of fused-ring (bicyclic) bond motifs is 2. The first-order valence-electron chi connectivity index (χ1n) is 7.68. The lowest BCUT2D eigenvalue weighted by Crippen LogP contribution is -2.13. The van der Waals surface area contributed by atoms with E-state index in [4.69, 9.17) is 0 Å². The fourth-order valence-electron chi connectivity index (χ4n) is 2.75. The van der Waals surface area contributed by atoms with E-state index >= 15 is 0 Å². The first-order valence-corrected chi connectivity index (χ1v) is 10.4. The normalized spacial score (nSPS) is 11.9. The fraction of sp³-hybridized carbons (Fsp3) is 0.118. The Morgan fingerprint density at radius 2 is 2.00 bits per heavy atom. The van der Waals surface area contributed by atoms with Crippen LogP contribution in [-0.2, 0) is 9.84 Å². The summed E-state index contributed by atoms with van der Waals surface area (Å²) in [5.74, 6) is -0.468. The number of aryl methyl sites for hydroxylation is 1. The molecule has 4 aromatic rings. The molecule has 0 fully saturated rings. The Morgan fingerprint density at radius 3 is 2.77 bits per heavy atom. The van der Waals surface area contributed by atoms with Gasteiger partial charge in [0.15, 0.2) is 5.69 Å². The molecule has 3 heterocycles. The van der Waals surface area contributed by atoms with E-state index in [1.807, 2.05) is 19.1 Å². The molecule has 26 heavy (non-hydrogen) atoms. The maximum atomic E-state index is 12.7. The number of amides is 1. The molecule has 1 aromatic carbocycles. The highest BCUT2D eigenvalue weighted by Gasteiger charge is 2.22. The monoisotopic (exact) mass is 386 g/mol. The van der Waals surface area contributed by atoms with E-state index in [2.05, 4.69) is 15.3 Å². The van der Waals surface area contributed by atoms with Crippen LogP contribution in [0.5, 0.6) is 0 Å². The molecule has 0 aliphatic rings. The van der Waals surface area contributed by atoms with E-state index in [-0.39, 0.29) is 10.9 Å². The minimum Gasteiger partial charge on any atom is -0.321 e. The van der Waals surface area contributed by atoms with Gasteiger partial charge < -0.3 is 5.32 Å². The highest BCUT2D eigenvalue weighted by atomic mass is 32.2. The molecule has 0 unspecified atom stereocenters. The quantitative estimate of drug-likeness (QED) is 0.584. The highest BCUT2D eigenvalue weighted by Crippen LogP contribution is 2.25. The van der Waals surface area contributed by atoms with E-state index in [1.165, 1.54) is 15.7 Å². The van der Waals surface area contributed by atoms with Gasteiger partial charge in [0.1, 0.15) is 0 Å². The molecule has 132 valence electrons. The first-order chi connectivity index (χ1) is 12.3. The Morgan fingerprint density at radius 1 is 1.19 bits per heavy atom. The predicted molar refractivity (Wildman–Crippen MR) is 101 cm³/mol. The first kappa shape index (κ1) is 16.7. The molecule has 0 aliphatic heterocycles. The number of anilines is 1. The van der Waals surface area contributed by atoms with Gasteiger partial charge in [-0.2, -0.15) is 0 Å². The molecule has 0 saturated heterocycles. The van der Waals surface area contributed by atoms with Crippen LogP contribution >= 0.6 is 11.3 Å².